The van der Waals surface area contributed by atoms with Crippen molar-refractivity contribution in [3.8, 4) is 0 Å². The second-order valence-electron chi connectivity index (χ2n) is 5.13. The van der Waals surface area contributed by atoms with Crippen LogP contribution in [0.15, 0.2) is 0 Å². The maximum Gasteiger partial charge on any atom is 0.0132 e. The van der Waals surface area contributed by atoms with Crippen molar-refractivity contribution >= 4 is 11.8 Å². The molecular formula is C13H28N2S. The third-order valence-electron chi connectivity index (χ3n) is 3.35. The van der Waals surface area contributed by atoms with E-state index in [9.17, 15) is 0 Å². The van der Waals surface area contributed by atoms with Crippen LogP contribution < -0.4 is 5.32 Å². The molecule has 0 aromatic carbocycles. The van der Waals surface area contributed by atoms with Crippen molar-refractivity contribution < 1.29 is 0 Å². The first-order valence-electron chi connectivity index (χ1n) is 6.71. The quantitative estimate of drug-likeness (QED) is 0.773. The Labute approximate surface area is 106 Å². The molecule has 1 heterocycles. The van der Waals surface area contributed by atoms with Crippen molar-refractivity contribution in [2.24, 2.45) is 0 Å². The molecule has 0 radical (unpaired) electrons. The number of piperidine rings is 1. The zero-order valence-electron chi connectivity index (χ0n) is 11.3. The third kappa shape index (κ3) is 5.07. The highest BCUT2D eigenvalue weighted by molar-refractivity contribution is 7.99. The summed E-state index contributed by atoms with van der Waals surface area (Å²) in [7, 11) is 0. The number of nitrogens with zero attached hydrogens (tertiary/aromatic N) is 1. The molecule has 1 atom stereocenters. The van der Waals surface area contributed by atoms with Crippen molar-refractivity contribution in [2.45, 2.75) is 58.7 Å². The molecule has 1 saturated heterocycles. The van der Waals surface area contributed by atoms with Crippen LogP contribution in [-0.2, 0) is 0 Å². The highest BCUT2D eigenvalue weighted by Gasteiger charge is 2.21. The first-order chi connectivity index (χ1) is 7.63. The van der Waals surface area contributed by atoms with E-state index in [4.69, 9.17) is 0 Å². The molecule has 0 aromatic rings. The average Bonchev–Trinajstić information content (AvgIpc) is 2.27. The Kier molecular flexibility index (Phi) is 6.78. The Bertz CT molecular complexity index is 177. The van der Waals surface area contributed by atoms with Crippen LogP contribution in [0.2, 0.25) is 0 Å². The molecule has 1 fully saturated rings. The lowest BCUT2D eigenvalue weighted by Crippen LogP contribution is -2.47. The number of likely N-dealkylation sites (tertiary alicyclic amines) is 1. The number of rotatable bonds is 6. The van der Waals surface area contributed by atoms with Gasteiger partial charge in [-0.25, -0.2) is 0 Å². The molecule has 0 aromatic heterocycles. The van der Waals surface area contributed by atoms with Gasteiger partial charge in [0.15, 0.2) is 0 Å². The van der Waals surface area contributed by atoms with Crippen LogP contribution in [0.4, 0.5) is 0 Å². The molecule has 0 aliphatic carbocycles. The predicted molar refractivity (Wildman–Crippen MR) is 75.3 cm³/mol. The van der Waals surface area contributed by atoms with E-state index in [1.165, 1.54) is 37.4 Å². The van der Waals surface area contributed by atoms with Crippen molar-refractivity contribution in [3.63, 3.8) is 0 Å². The normalized spacial score (nSPS) is 21.6. The summed E-state index contributed by atoms with van der Waals surface area (Å²) in [6, 6.07) is 2.14. The van der Waals surface area contributed by atoms with Gasteiger partial charge in [-0.2, -0.15) is 11.8 Å². The fraction of sp³-hybridized carbons (Fsp3) is 1.00. The zero-order chi connectivity index (χ0) is 12.0. The van der Waals surface area contributed by atoms with Gasteiger partial charge in [-0.05, 0) is 52.5 Å². The van der Waals surface area contributed by atoms with Gasteiger partial charge in [-0.15, -0.1) is 0 Å². The smallest absolute Gasteiger partial charge is 0.0132 e. The van der Waals surface area contributed by atoms with Gasteiger partial charge in [-0.1, -0.05) is 6.92 Å². The Morgan fingerprint density at radius 2 is 1.88 bits per heavy atom. The van der Waals surface area contributed by atoms with E-state index in [1.54, 1.807) is 0 Å². The molecule has 1 unspecified atom stereocenters. The molecule has 2 nitrogen and oxygen atoms in total. The molecule has 3 heteroatoms. The highest BCUT2D eigenvalue weighted by atomic mass is 32.2. The van der Waals surface area contributed by atoms with Crippen molar-refractivity contribution in [1.29, 1.82) is 0 Å². The fourth-order valence-electron chi connectivity index (χ4n) is 2.33. The maximum atomic E-state index is 3.77. The van der Waals surface area contributed by atoms with E-state index in [0.717, 1.165) is 6.04 Å². The Balaban J connectivity index is 2.16. The van der Waals surface area contributed by atoms with Gasteiger partial charge in [0.05, 0.1) is 0 Å². The third-order valence-corrected chi connectivity index (χ3v) is 4.50. The van der Waals surface area contributed by atoms with Gasteiger partial charge < -0.3 is 10.2 Å². The fourth-order valence-corrected chi connectivity index (χ4v) is 3.01. The molecule has 1 rings (SSSR count). The van der Waals surface area contributed by atoms with Gasteiger partial charge in [0.2, 0.25) is 0 Å². The summed E-state index contributed by atoms with van der Waals surface area (Å²) in [5, 5.41) is 3.77. The lowest BCUT2D eigenvalue weighted by molar-refractivity contribution is 0.158. The highest BCUT2D eigenvalue weighted by Crippen LogP contribution is 2.14. The van der Waals surface area contributed by atoms with Crippen LogP contribution >= 0.6 is 11.8 Å². The van der Waals surface area contributed by atoms with Crippen LogP contribution in [0, 0.1) is 0 Å². The van der Waals surface area contributed by atoms with E-state index in [-0.39, 0.29) is 0 Å². The Morgan fingerprint density at radius 3 is 2.38 bits per heavy atom. The molecule has 96 valence electrons. The summed E-state index contributed by atoms with van der Waals surface area (Å²) in [5.41, 5.74) is 0. The van der Waals surface area contributed by atoms with Crippen molar-refractivity contribution in [3.05, 3.63) is 0 Å². The molecule has 0 bridgehead atoms. The number of hydrogen-bond acceptors (Lipinski definition) is 3. The van der Waals surface area contributed by atoms with Gasteiger partial charge in [0.1, 0.15) is 0 Å². The van der Waals surface area contributed by atoms with Gasteiger partial charge in [0.25, 0.3) is 0 Å². The molecule has 0 spiro atoms. The topological polar surface area (TPSA) is 15.3 Å². The molecule has 1 aliphatic heterocycles. The van der Waals surface area contributed by atoms with Gasteiger partial charge in [-0.3, -0.25) is 0 Å². The monoisotopic (exact) mass is 244 g/mol. The largest absolute Gasteiger partial charge is 0.311 e. The lowest BCUT2D eigenvalue weighted by atomic mass is 10.0. The number of hydrogen-bond donors (Lipinski definition) is 1. The van der Waals surface area contributed by atoms with Crippen molar-refractivity contribution in [1.82, 2.24) is 10.2 Å². The first-order valence-corrected chi connectivity index (χ1v) is 7.86. The van der Waals surface area contributed by atoms with E-state index in [2.05, 4.69) is 37.9 Å². The van der Waals surface area contributed by atoms with Gasteiger partial charge in [0, 0.05) is 23.9 Å². The van der Waals surface area contributed by atoms with Crippen LogP contribution in [-0.4, -0.2) is 47.6 Å². The summed E-state index contributed by atoms with van der Waals surface area (Å²) in [5.74, 6) is 2.48. The second kappa shape index (κ2) is 7.57. The standard InChI is InChI=1S/C13H28N2S/c1-5-16-10-12(4)14-13-6-8-15(9-7-13)11(2)3/h11-14H,5-10H2,1-4H3. The molecule has 1 N–H and O–H groups in total. The molecule has 16 heavy (non-hydrogen) atoms. The molecular weight excluding hydrogens is 216 g/mol. The van der Waals surface area contributed by atoms with E-state index < -0.39 is 0 Å². The van der Waals surface area contributed by atoms with Crippen LogP contribution in [0.3, 0.4) is 0 Å². The average molecular weight is 244 g/mol. The second-order valence-corrected chi connectivity index (χ2v) is 6.45. The number of nitrogens with one attached hydrogen (secondary N) is 1. The lowest BCUT2D eigenvalue weighted by Gasteiger charge is -2.36. The number of thioether (sulfide) groups is 1. The molecule has 0 amide bonds. The van der Waals surface area contributed by atoms with Crippen LogP contribution in [0.5, 0.6) is 0 Å². The van der Waals surface area contributed by atoms with Crippen LogP contribution in [0.25, 0.3) is 0 Å². The molecule has 0 saturated carbocycles. The first kappa shape index (κ1) is 14.3. The maximum absolute atomic E-state index is 3.77. The Morgan fingerprint density at radius 1 is 1.25 bits per heavy atom. The van der Waals surface area contributed by atoms with E-state index in [0.29, 0.717) is 12.1 Å². The summed E-state index contributed by atoms with van der Waals surface area (Å²) >= 11 is 2.04. The summed E-state index contributed by atoms with van der Waals surface area (Å²) in [6.07, 6.45) is 2.64. The minimum atomic E-state index is 0.667. The van der Waals surface area contributed by atoms with Crippen molar-refractivity contribution in [2.75, 3.05) is 24.6 Å². The van der Waals surface area contributed by atoms with E-state index >= 15 is 0 Å². The minimum Gasteiger partial charge on any atom is -0.311 e. The van der Waals surface area contributed by atoms with E-state index in [1.807, 2.05) is 11.8 Å². The summed E-state index contributed by atoms with van der Waals surface area (Å²) in [6.45, 7) is 11.7. The van der Waals surface area contributed by atoms with Crippen LogP contribution in [0.1, 0.15) is 40.5 Å². The van der Waals surface area contributed by atoms with Gasteiger partial charge >= 0.3 is 0 Å². The summed E-state index contributed by atoms with van der Waals surface area (Å²) < 4.78 is 0. The zero-order valence-corrected chi connectivity index (χ0v) is 12.1. The predicted octanol–water partition coefficient (Wildman–Crippen LogP) is 2.59. The summed E-state index contributed by atoms with van der Waals surface area (Å²) in [4.78, 5) is 2.59. The molecule has 1 aliphatic rings. The SMILES string of the molecule is CCSCC(C)NC1CCN(C(C)C)CC1. The Hall–Kier alpha value is 0.270. The minimum absolute atomic E-state index is 0.667.